The molecule has 94 valence electrons. The average molecular weight is 258 g/mol. The first-order chi connectivity index (χ1) is 7.86. The zero-order chi connectivity index (χ0) is 13.1. The van der Waals surface area contributed by atoms with Crippen LogP contribution in [0.2, 0.25) is 0 Å². The predicted octanol–water partition coefficient (Wildman–Crippen LogP) is 0.927. The van der Waals surface area contributed by atoms with Crippen LogP contribution in [-0.2, 0) is 14.8 Å². The molecule has 0 fully saturated rings. The number of nitrogens with two attached hydrogens (primary N) is 1. The van der Waals surface area contributed by atoms with Crippen molar-refractivity contribution in [1.29, 1.82) is 0 Å². The van der Waals surface area contributed by atoms with Crippen molar-refractivity contribution in [3.05, 3.63) is 24.3 Å². The zero-order valence-corrected chi connectivity index (χ0v) is 10.4. The van der Waals surface area contributed by atoms with Gasteiger partial charge in [-0.05, 0) is 31.2 Å². The molecule has 0 radical (unpaired) electrons. The lowest BCUT2D eigenvalue weighted by Gasteiger charge is -2.16. The van der Waals surface area contributed by atoms with Crippen LogP contribution >= 0.6 is 0 Å². The van der Waals surface area contributed by atoms with Crippen LogP contribution in [0.3, 0.4) is 0 Å². The molecule has 0 saturated heterocycles. The van der Waals surface area contributed by atoms with E-state index < -0.39 is 16.1 Å². The highest BCUT2D eigenvalue weighted by molar-refractivity contribution is 7.89. The second-order valence-corrected chi connectivity index (χ2v) is 4.86. The van der Waals surface area contributed by atoms with Crippen molar-refractivity contribution in [3.63, 3.8) is 0 Å². The highest BCUT2D eigenvalue weighted by atomic mass is 32.2. The van der Waals surface area contributed by atoms with Gasteiger partial charge < -0.3 is 4.74 Å². The van der Waals surface area contributed by atoms with Crippen LogP contribution in [0.15, 0.2) is 29.2 Å². The number of hydrogen-bond donors (Lipinski definition) is 1. The van der Waals surface area contributed by atoms with Crippen molar-refractivity contribution in [1.82, 2.24) is 0 Å². The third-order valence-electron chi connectivity index (χ3n) is 2.09. The molecule has 1 aromatic rings. The van der Waals surface area contributed by atoms with Crippen molar-refractivity contribution in [2.45, 2.75) is 11.8 Å². The SMILES string of the molecule is CCOC(=O)N(C)c1ccc(S(N)(=O)=O)cc1. The second kappa shape index (κ2) is 5.15. The van der Waals surface area contributed by atoms with Gasteiger partial charge in [-0.3, -0.25) is 4.90 Å². The lowest BCUT2D eigenvalue weighted by Crippen LogP contribution is -2.27. The molecule has 0 spiro atoms. The van der Waals surface area contributed by atoms with Gasteiger partial charge in [0.25, 0.3) is 0 Å². The number of ether oxygens (including phenoxy) is 1. The summed E-state index contributed by atoms with van der Waals surface area (Å²) in [6.45, 7) is 1.98. The second-order valence-electron chi connectivity index (χ2n) is 3.30. The van der Waals surface area contributed by atoms with Gasteiger partial charge in [-0.15, -0.1) is 0 Å². The lowest BCUT2D eigenvalue weighted by molar-refractivity contribution is 0.161. The molecule has 0 heterocycles. The lowest BCUT2D eigenvalue weighted by atomic mass is 10.3. The van der Waals surface area contributed by atoms with Crippen LogP contribution in [0, 0.1) is 0 Å². The zero-order valence-electron chi connectivity index (χ0n) is 9.58. The summed E-state index contributed by atoms with van der Waals surface area (Å²) in [7, 11) is -2.18. The Balaban J connectivity index is 2.92. The fourth-order valence-electron chi connectivity index (χ4n) is 1.19. The summed E-state index contributed by atoms with van der Waals surface area (Å²) in [5.74, 6) is 0. The summed E-state index contributed by atoms with van der Waals surface area (Å²) < 4.78 is 26.8. The molecular weight excluding hydrogens is 244 g/mol. The smallest absolute Gasteiger partial charge is 0.413 e. The topological polar surface area (TPSA) is 89.7 Å². The normalized spacial score (nSPS) is 11.0. The standard InChI is InChI=1S/C10H14N2O4S/c1-3-16-10(13)12(2)8-4-6-9(7-5-8)17(11,14)15/h4-7H,3H2,1-2H3,(H2,11,14,15). The van der Waals surface area contributed by atoms with E-state index in [9.17, 15) is 13.2 Å². The first kappa shape index (κ1) is 13.5. The monoisotopic (exact) mass is 258 g/mol. The van der Waals surface area contributed by atoms with Gasteiger partial charge in [-0.25, -0.2) is 18.4 Å². The Hall–Kier alpha value is -1.60. The fourth-order valence-corrected chi connectivity index (χ4v) is 1.70. The highest BCUT2D eigenvalue weighted by Crippen LogP contribution is 2.16. The quantitative estimate of drug-likeness (QED) is 0.873. The number of sulfonamides is 1. The van der Waals surface area contributed by atoms with E-state index in [-0.39, 0.29) is 11.5 Å². The van der Waals surface area contributed by atoms with Gasteiger partial charge in [0.1, 0.15) is 0 Å². The molecule has 1 aromatic carbocycles. The molecule has 7 heteroatoms. The maximum Gasteiger partial charge on any atom is 0.413 e. The molecule has 1 rings (SSSR count). The molecule has 0 aromatic heterocycles. The Kier molecular flexibility index (Phi) is 4.08. The number of anilines is 1. The van der Waals surface area contributed by atoms with Crippen LogP contribution in [0.1, 0.15) is 6.92 Å². The number of nitrogens with zero attached hydrogens (tertiary/aromatic N) is 1. The maximum atomic E-state index is 11.4. The molecule has 0 aliphatic rings. The molecular formula is C10H14N2O4S. The minimum atomic E-state index is -3.71. The number of rotatable bonds is 3. The molecule has 0 unspecified atom stereocenters. The van der Waals surface area contributed by atoms with Gasteiger partial charge in [-0.2, -0.15) is 0 Å². The van der Waals surface area contributed by atoms with Crippen molar-refractivity contribution in [2.24, 2.45) is 5.14 Å². The minimum absolute atomic E-state index is 0.00138. The van der Waals surface area contributed by atoms with E-state index in [1.807, 2.05) is 0 Å². The number of benzene rings is 1. The molecule has 0 aliphatic heterocycles. The first-order valence-corrected chi connectivity index (χ1v) is 6.44. The van der Waals surface area contributed by atoms with E-state index in [2.05, 4.69) is 0 Å². The molecule has 0 aliphatic carbocycles. The Morgan fingerprint density at radius 2 is 1.88 bits per heavy atom. The highest BCUT2D eigenvalue weighted by Gasteiger charge is 2.13. The minimum Gasteiger partial charge on any atom is -0.449 e. The molecule has 0 atom stereocenters. The van der Waals surface area contributed by atoms with Crippen LogP contribution in [0.4, 0.5) is 10.5 Å². The number of carbonyl (C=O) groups excluding carboxylic acids is 1. The Morgan fingerprint density at radius 1 is 1.35 bits per heavy atom. The Bertz CT molecular complexity index is 496. The fraction of sp³-hybridized carbons (Fsp3) is 0.300. The largest absolute Gasteiger partial charge is 0.449 e. The van der Waals surface area contributed by atoms with Crippen LogP contribution < -0.4 is 10.0 Å². The molecule has 6 nitrogen and oxygen atoms in total. The average Bonchev–Trinajstić information content (AvgIpc) is 2.27. The summed E-state index contributed by atoms with van der Waals surface area (Å²) in [5.41, 5.74) is 0.524. The number of hydrogen-bond acceptors (Lipinski definition) is 4. The Labute approximate surface area is 100 Å². The number of carbonyl (C=O) groups is 1. The molecule has 1 amide bonds. The predicted molar refractivity (Wildman–Crippen MR) is 63.2 cm³/mol. The van der Waals surface area contributed by atoms with Crippen LogP contribution in [-0.4, -0.2) is 28.2 Å². The van der Waals surface area contributed by atoms with E-state index in [0.717, 1.165) is 0 Å². The third-order valence-corrected chi connectivity index (χ3v) is 3.02. The van der Waals surface area contributed by atoms with Gasteiger partial charge in [0.2, 0.25) is 10.0 Å². The van der Waals surface area contributed by atoms with Gasteiger partial charge in [0.05, 0.1) is 11.5 Å². The summed E-state index contributed by atoms with van der Waals surface area (Å²) in [6.07, 6.45) is -0.504. The van der Waals surface area contributed by atoms with Crippen LogP contribution in [0.5, 0.6) is 0 Å². The van der Waals surface area contributed by atoms with Crippen molar-refractivity contribution >= 4 is 21.8 Å². The van der Waals surface area contributed by atoms with Gasteiger partial charge in [0.15, 0.2) is 0 Å². The summed E-state index contributed by atoms with van der Waals surface area (Å²) in [5, 5.41) is 4.96. The summed E-state index contributed by atoms with van der Waals surface area (Å²) >= 11 is 0. The van der Waals surface area contributed by atoms with Crippen molar-refractivity contribution in [2.75, 3.05) is 18.6 Å². The molecule has 17 heavy (non-hydrogen) atoms. The number of primary sulfonamides is 1. The van der Waals surface area contributed by atoms with E-state index in [1.165, 1.54) is 36.2 Å². The van der Waals surface area contributed by atoms with Gasteiger partial charge in [0, 0.05) is 12.7 Å². The van der Waals surface area contributed by atoms with Crippen LogP contribution in [0.25, 0.3) is 0 Å². The maximum absolute atomic E-state index is 11.4. The van der Waals surface area contributed by atoms with Gasteiger partial charge >= 0.3 is 6.09 Å². The van der Waals surface area contributed by atoms with E-state index in [1.54, 1.807) is 6.92 Å². The van der Waals surface area contributed by atoms with E-state index >= 15 is 0 Å². The molecule has 0 saturated carbocycles. The van der Waals surface area contributed by atoms with E-state index in [4.69, 9.17) is 9.88 Å². The molecule has 0 bridgehead atoms. The third kappa shape index (κ3) is 3.43. The Morgan fingerprint density at radius 3 is 2.29 bits per heavy atom. The van der Waals surface area contributed by atoms with E-state index in [0.29, 0.717) is 5.69 Å². The summed E-state index contributed by atoms with van der Waals surface area (Å²) in [6, 6.07) is 5.63. The number of amides is 1. The van der Waals surface area contributed by atoms with Crippen molar-refractivity contribution < 1.29 is 17.9 Å². The molecule has 2 N–H and O–H groups in total. The van der Waals surface area contributed by atoms with Gasteiger partial charge in [-0.1, -0.05) is 0 Å². The first-order valence-electron chi connectivity index (χ1n) is 4.89. The van der Waals surface area contributed by atoms with Crippen molar-refractivity contribution in [3.8, 4) is 0 Å². The summed E-state index contributed by atoms with van der Waals surface area (Å²) in [4.78, 5) is 12.7.